The van der Waals surface area contributed by atoms with Gasteiger partial charge in [0.1, 0.15) is 5.75 Å². The van der Waals surface area contributed by atoms with Gasteiger partial charge < -0.3 is 15.4 Å². The number of piperidine rings is 1. The summed E-state index contributed by atoms with van der Waals surface area (Å²) in [5.74, 6) is 0.924. The Balaban J connectivity index is 0.00000220. The zero-order chi connectivity index (χ0) is 14.4. The Kier molecular flexibility index (Phi) is 8.19. The van der Waals surface area contributed by atoms with Crippen LogP contribution >= 0.6 is 35.6 Å². The summed E-state index contributed by atoms with van der Waals surface area (Å²) in [5.41, 5.74) is 0. The van der Waals surface area contributed by atoms with Gasteiger partial charge >= 0.3 is 0 Å². The number of nitrogens with one attached hydrogen (secondary N) is 2. The fraction of sp³-hybridized carbons (Fsp3) is 0.500. The van der Waals surface area contributed by atoms with Crippen molar-refractivity contribution in [1.82, 2.24) is 10.6 Å². The molecule has 7 heteroatoms. The Labute approximate surface area is 140 Å². The SMILES string of the molecule is Cl.O=C(COc1ccc(Cl)c(Cl)c1)NCC1CCCNC1. The lowest BCUT2D eigenvalue weighted by atomic mass is 10.00. The van der Waals surface area contributed by atoms with Crippen LogP contribution in [0, 0.1) is 5.92 Å². The molecule has 1 aromatic carbocycles. The number of carbonyl (C=O) groups excluding carboxylic acids is 1. The molecule has 2 N–H and O–H groups in total. The van der Waals surface area contributed by atoms with E-state index in [1.54, 1.807) is 18.2 Å². The second-order valence-corrected chi connectivity index (χ2v) is 5.70. The number of hydrogen-bond acceptors (Lipinski definition) is 3. The average Bonchev–Trinajstić information content (AvgIpc) is 2.47. The first-order valence-corrected chi connectivity index (χ1v) is 7.46. The van der Waals surface area contributed by atoms with Crippen molar-refractivity contribution in [3.05, 3.63) is 28.2 Å². The summed E-state index contributed by atoms with van der Waals surface area (Å²) < 4.78 is 5.37. The van der Waals surface area contributed by atoms with E-state index < -0.39 is 0 Å². The van der Waals surface area contributed by atoms with Crippen LogP contribution in [-0.4, -0.2) is 32.1 Å². The number of halogens is 3. The lowest BCUT2D eigenvalue weighted by Gasteiger charge is -2.22. The predicted octanol–water partition coefficient (Wildman–Crippen LogP) is 2.91. The lowest BCUT2D eigenvalue weighted by Crippen LogP contribution is -2.39. The number of rotatable bonds is 5. The van der Waals surface area contributed by atoms with E-state index in [-0.39, 0.29) is 24.9 Å². The molecule has 1 fully saturated rings. The third kappa shape index (κ3) is 6.30. The Bertz CT molecular complexity index is 466. The van der Waals surface area contributed by atoms with Crippen LogP contribution in [0.25, 0.3) is 0 Å². The zero-order valence-corrected chi connectivity index (χ0v) is 13.9. The lowest BCUT2D eigenvalue weighted by molar-refractivity contribution is -0.123. The minimum absolute atomic E-state index is 0. The largest absolute Gasteiger partial charge is 0.484 e. The van der Waals surface area contributed by atoms with Crippen molar-refractivity contribution >= 4 is 41.5 Å². The quantitative estimate of drug-likeness (QED) is 0.856. The van der Waals surface area contributed by atoms with Gasteiger partial charge in [-0.1, -0.05) is 23.2 Å². The van der Waals surface area contributed by atoms with Gasteiger partial charge in [0, 0.05) is 12.6 Å². The van der Waals surface area contributed by atoms with Crippen molar-refractivity contribution in [3.8, 4) is 5.75 Å². The molecular formula is C14H19Cl3N2O2. The minimum Gasteiger partial charge on any atom is -0.484 e. The molecule has 0 bridgehead atoms. The molecule has 1 saturated heterocycles. The maximum Gasteiger partial charge on any atom is 0.257 e. The van der Waals surface area contributed by atoms with Crippen molar-refractivity contribution in [2.45, 2.75) is 12.8 Å². The van der Waals surface area contributed by atoms with Crippen LogP contribution in [0.3, 0.4) is 0 Å². The molecule has 1 aromatic rings. The van der Waals surface area contributed by atoms with E-state index in [1.807, 2.05) is 0 Å². The van der Waals surface area contributed by atoms with Crippen LogP contribution in [0.2, 0.25) is 10.0 Å². The second-order valence-electron chi connectivity index (χ2n) is 4.88. The molecule has 0 radical (unpaired) electrons. The van der Waals surface area contributed by atoms with Crippen molar-refractivity contribution in [3.63, 3.8) is 0 Å². The van der Waals surface area contributed by atoms with Crippen molar-refractivity contribution < 1.29 is 9.53 Å². The maximum atomic E-state index is 11.7. The molecule has 1 aliphatic rings. The van der Waals surface area contributed by atoms with Crippen LogP contribution in [0.5, 0.6) is 5.75 Å². The summed E-state index contributed by atoms with van der Waals surface area (Å²) >= 11 is 11.7. The topological polar surface area (TPSA) is 50.4 Å². The molecule has 1 amide bonds. The van der Waals surface area contributed by atoms with Crippen LogP contribution in [0.4, 0.5) is 0 Å². The number of hydrogen-bond donors (Lipinski definition) is 2. The van der Waals surface area contributed by atoms with Gasteiger partial charge in [0.15, 0.2) is 6.61 Å². The normalized spacial score (nSPS) is 17.7. The third-order valence-electron chi connectivity index (χ3n) is 3.25. The standard InChI is InChI=1S/C14H18Cl2N2O2.ClH/c15-12-4-3-11(6-13(12)16)20-9-14(19)18-8-10-2-1-5-17-7-10;/h3-4,6,10,17H,1-2,5,7-9H2,(H,18,19);1H. The summed E-state index contributed by atoms with van der Waals surface area (Å²) in [4.78, 5) is 11.7. The average molecular weight is 354 g/mol. The van der Waals surface area contributed by atoms with Gasteiger partial charge in [-0.2, -0.15) is 0 Å². The third-order valence-corrected chi connectivity index (χ3v) is 3.99. The molecule has 0 aromatic heterocycles. The monoisotopic (exact) mass is 352 g/mol. The first kappa shape index (κ1) is 18.4. The molecule has 118 valence electrons. The van der Waals surface area contributed by atoms with Gasteiger partial charge in [-0.05, 0) is 44.0 Å². The molecule has 0 saturated carbocycles. The van der Waals surface area contributed by atoms with Crippen LogP contribution in [0.1, 0.15) is 12.8 Å². The maximum absolute atomic E-state index is 11.7. The minimum atomic E-state index is -0.123. The Morgan fingerprint density at radius 1 is 1.38 bits per heavy atom. The smallest absolute Gasteiger partial charge is 0.257 e. The van der Waals surface area contributed by atoms with E-state index in [9.17, 15) is 4.79 Å². The molecular weight excluding hydrogens is 335 g/mol. The van der Waals surface area contributed by atoms with Gasteiger partial charge in [0.2, 0.25) is 0 Å². The summed E-state index contributed by atoms with van der Waals surface area (Å²) in [6.45, 7) is 2.72. The van der Waals surface area contributed by atoms with E-state index in [4.69, 9.17) is 27.9 Å². The molecule has 1 unspecified atom stereocenters. The highest BCUT2D eigenvalue weighted by Crippen LogP contribution is 2.26. The van der Waals surface area contributed by atoms with Crippen molar-refractivity contribution in [1.29, 1.82) is 0 Å². The molecule has 1 atom stereocenters. The molecule has 0 aliphatic carbocycles. The van der Waals surface area contributed by atoms with Crippen LogP contribution in [0.15, 0.2) is 18.2 Å². The summed E-state index contributed by atoms with van der Waals surface area (Å²) in [5, 5.41) is 7.08. The van der Waals surface area contributed by atoms with Gasteiger partial charge in [0.05, 0.1) is 10.0 Å². The van der Waals surface area contributed by atoms with Gasteiger partial charge in [-0.15, -0.1) is 12.4 Å². The predicted molar refractivity (Wildman–Crippen MR) is 87.8 cm³/mol. The molecule has 2 rings (SSSR count). The first-order valence-electron chi connectivity index (χ1n) is 6.70. The number of carbonyl (C=O) groups is 1. The van der Waals surface area contributed by atoms with E-state index in [0.717, 1.165) is 19.5 Å². The molecule has 1 aliphatic heterocycles. The fourth-order valence-corrected chi connectivity index (χ4v) is 2.41. The Morgan fingerprint density at radius 2 is 2.19 bits per heavy atom. The molecule has 21 heavy (non-hydrogen) atoms. The highest BCUT2D eigenvalue weighted by Gasteiger charge is 2.14. The molecule has 4 nitrogen and oxygen atoms in total. The summed E-state index contributed by atoms with van der Waals surface area (Å²) in [6, 6.07) is 4.93. The first-order chi connectivity index (χ1) is 9.65. The van der Waals surface area contributed by atoms with E-state index in [2.05, 4.69) is 10.6 Å². The van der Waals surface area contributed by atoms with Crippen molar-refractivity contribution in [2.75, 3.05) is 26.2 Å². The van der Waals surface area contributed by atoms with Crippen LogP contribution < -0.4 is 15.4 Å². The van der Waals surface area contributed by atoms with E-state index in [0.29, 0.717) is 28.3 Å². The van der Waals surface area contributed by atoms with E-state index in [1.165, 1.54) is 6.42 Å². The highest BCUT2D eigenvalue weighted by atomic mass is 35.5. The Morgan fingerprint density at radius 3 is 2.86 bits per heavy atom. The number of benzene rings is 1. The molecule has 1 heterocycles. The second kappa shape index (κ2) is 9.36. The van der Waals surface area contributed by atoms with Crippen molar-refractivity contribution in [2.24, 2.45) is 5.92 Å². The zero-order valence-electron chi connectivity index (χ0n) is 11.5. The Hall–Kier alpha value is -0.680. The summed E-state index contributed by atoms with van der Waals surface area (Å²) in [6.07, 6.45) is 2.32. The fourth-order valence-electron chi connectivity index (χ4n) is 2.12. The van der Waals surface area contributed by atoms with E-state index >= 15 is 0 Å². The number of ether oxygens (including phenoxy) is 1. The molecule has 0 spiro atoms. The van der Waals surface area contributed by atoms with Crippen LogP contribution in [-0.2, 0) is 4.79 Å². The van der Waals surface area contributed by atoms with Gasteiger partial charge in [-0.25, -0.2) is 0 Å². The van der Waals surface area contributed by atoms with Gasteiger partial charge in [-0.3, -0.25) is 4.79 Å². The summed E-state index contributed by atoms with van der Waals surface area (Å²) in [7, 11) is 0. The number of amides is 1. The van der Waals surface area contributed by atoms with Gasteiger partial charge in [0.25, 0.3) is 5.91 Å². The highest BCUT2D eigenvalue weighted by molar-refractivity contribution is 6.42.